The molecule has 57 heavy (non-hydrogen) atoms. The number of carbonyl (C=O) groups excluding carboxylic acids is 1. The van der Waals surface area contributed by atoms with E-state index in [2.05, 4.69) is 27.0 Å². The van der Waals surface area contributed by atoms with Gasteiger partial charge >= 0.3 is 0 Å². The van der Waals surface area contributed by atoms with Gasteiger partial charge in [0.15, 0.2) is 5.65 Å². The van der Waals surface area contributed by atoms with Gasteiger partial charge in [-0.05, 0) is 55.6 Å². The summed E-state index contributed by atoms with van der Waals surface area (Å²) in [6.07, 6.45) is 10.6. The summed E-state index contributed by atoms with van der Waals surface area (Å²) < 4.78 is 14.9. The number of benzene rings is 2. The van der Waals surface area contributed by atoms with E-state index in [0.717, 1.165) is 73.9 Å². The number of carbonyl (C=O) groups is 1. The van der Waals surface area contributed by atoms with Gasteiger partial charge in [-0.1, -0.05) is 48.5 Å². The lowest BCUT2D eigenvalue weighted by Crippen LogP contribution is -2.53. The summed E-state index contributed by atoms with van der Waals surface area (Å²) in [5.41, 5.74) is 2.34. The monoisotopic (exact) mass is 785 g/mol. The quantitative estimate of drug-likeness (QED) is 0.180. The summed E-state index contributed by atoms with van der Waals surface area (Å²) >= 11 is 1.67. The van der Waals surface area contributed by atoms with E-state index >= 15 is 0 Å². The van der Waals surface area contributed by atoms with Gasteiger partial charge in [0, 0.05) is 91.6 Å². The number of aromatic nitrogens is 5. The zero-order valence-corrected chi connectivity index (χ0v) is 32.7. The Labute approximate surface area is 335 Å². The first kappa shape index (κ1) is 37.4. The lowest BCUT2D eigenvalue weighted by molar-refractivity contribution is -0.142. The molecule has 0 aliphatic carbocycles. The molecule has 4 aromatic heterocycles. The normalized spacial score (nSPS) is 20.5. The molecule has 0 radical (unpaired) electrons. The van der Waals surface area contributed by atoms with E-state index in [4.69, 9.17) is 14.5 Å². The van der Waals surface area contributed by atoms with E-state index in [1.807, 2.05) is 88.7 Å². The van der Waals surface area contributed by atoms with Gasteiger partial charge in [0.05, 0.1) is 30.7 Å². The van der Waals surface area contributed by atoms with E-state index in [9.17, 15) is 14.7 Å². The molecule has 3 aliphatic heterocycles. The highest BCUT2D eigenvalue weighted by molar-refractivity contribution is 7.15. The molecular weight excluding hydrogens is 739 g/mol. The van der Waals surface area contributed by atoms with Crippen molar-refractivity contribution in [2.45, 2.75) is 62.8 Å². The van der Waals surface area contributed by atoms with Gasteiger partial charge in [0.1, 0.15) is 17.4 Å². The van der Waals surface area contributed by atoms with Crippen molar-refractivity contribution in [3.05, 3.63) is 125 Å². The van der Waals surface area contributed by atoms with Crippen LogP contribution in [0, 0.1) is 5.92 Å². The van der Waals surface area contributed by atoms with Crippen LogP contribution in [0.2, 0.25) is 0 Å². The average molecular weight is 786 g/mol. The molecule has 3 fully saturated rings. The number of hydrogen-bond acceptors (Lipinski definition) is 10. The van der Waals surface area contributed by atoms with Crippen LogP contribution in [0.25, 0.3) is 27.3 Å². The first-order valence-electron chi connectivity index (χ1n) is 20.0. The number of nitrogens with zero attached hydrogens (tertiary/aromatic N) is 7. The van der Waals surface area contributed by atoms with Crippen molar-refractivity contribution in [3.8, 4) is 22.1 Å². The number of aliphatic hydroxyl groups is 1. The number of amides is 1. The Hall–Kier alpha value is -5.21. The summed E-state index contributed by atoms with van der Waals surface area (Å²) in [5.74, 6) is 0.644. The summed E-state index contributed by atoms with van der Waals surface area (Å²) in [4.78, 5) is 47.3. The summed E-state index contributed by atoms with van der Waals surface area (Å²) in [5, 5.41) is 13.1. The van der Waals surface area contributed by atoms with Gasteiger partial charge in [-0.2, -0.15) is 0 Å². The number of ether oxygens (including phenoxy) is 2. The van der Waals surface area contributed by atoms with Gasteiger partial charge in [-0.3, -0.25) is 19.1 Å². The molecule has 9 rings (SSSR count). The molecule has 13 heteroatoms. The van der Waals surface area contributed by atoms with Crippen molar-refractivity contribution in [2.75, 3.05) is 39.4 Å². The van der Waals surface area contributed by atoms with Gasteiger partial charge in [0.25, 0.3) is 5.56 Å². The van der Waals surface area contributed by atoms with Crippen LogP contribution in [0.4, 0.5) is 0 Å². The van der Waals surface area contributed by atoms with Crippen molar-refractivity contribution in [3.63, 3.8) is 0 Å². The number of likely N-dealkylation sites (tertiary alicyclic amines) is 2. The summed E-state index contributed by atoms with van der Waals surface area (Å²) in [6, 6.07) is 25.9. The fourth-order valence-electron chi connectivity index (χ4n) is 8.59. The molecule has 2 atom stereocenters. The topological polar surface area (TPSA) is 128 Å². The fourth-order valence-corrected chi connectivity index (χ4v) is 9.53. The fraction of sp³-hybridized carbons (Fsp3) is 0.386. The number of hydrogen-bond donors (Lipinski definition) is 1. The number of rotatable bonds is 10. The second-order valence-corrected chi connectivity index (χ2v) is 16.7. The first-order chi connectivity index (χ1) is 27.9. The lowest BCUT2D eigenvalue weighted by atomic mass is 9.79. The Bertz CT molecular complexity index is 2350. The zero-order valence-electron chi connectivity index (χ0n) is 31.9. The molecule has 3 aliphatic rings. The molecule has 0 unspecified atom stereocenters. The third kappa shape index (κ3) is 8.15. The van der Waals surface area contributed by atoms with Crippen LogP contribution in [0.5, 0.6) is 5.88 Å². The number of pyridine rings is 1. The number of fused-ring (bicyclic) bond motifs is 1. The lowest BCUT2D eigenvalue weighted by Gasteiger charge is -2.43. The van der Waals surface area contributed by atoms with Crippen LogP contribution < -0.4 is 10.3 Å². The predicted octanol–water partition coefficient (Wildman–Crippen LogP) is 5.92. The van der Waals surface area contributed by atoms with E-state index in [1.165, 1.54) is 15.8 Å². The molecule has 0 bridgehead atoms. The minimum absolute atomic E-state index is 0.0349. The maximum absolute atomic E-state index is 14.3. The second-order valence-electron chi connectivity index (χ2n) is 15.6. The molecule has 1 N–H and O–H groups in total. The predicted molar refractivity (Wildman–Crippen MR) is 218 cm³/mol. The Morgan fingerprint density at radius 3 is 2.42 bits per heavy atom. The standard InChI is InChI=1S/C44H47N7O5S/c52-42(49-21-17-44(54,18-22-49)29-50-30-47-40-37(43(50)53)14-20-51(40)33-9-5-2-6-10-33)36-13-19-48(28-38(36)31-7-3-1-4-8-31)27-35-26-46-41(57-35)32-11-12-39(45-25-32)56-34-15-23-55-24-16-34/h1-12,14,20,25-26,30,34,36,38,54H,13,15-19,21-24,27-29H2/t36-,38+/m1/s1. The Morgan fingerprint density at radius 2 is 1.67 bits per heavy atom. The minimum Gasteiger partial charge on any atom is -0.474 e. The zero-order chi connectivity index (χ0) is 38.8. The van der Waals surface area contributed by atoms with Crippen molar-refractivity contribution < 1.29 is 19.4 Å². The SMILES string of the molecule is O=C([C@@H]1CCN(Cc2cnc(-c3ccc(OC4CCOCC4)nc3)s2)C[C@H]1c1ccccc1)N1CCC(O)(Cn2cnc3c(ccn3-c3ccccc3)c2=O)CC1. The molecule has 6 aromatic rings. The second kappa shape index (κ2) is 16.3. The summed E-state index contributed by atoms with van der Waals surface area (Å²) in [7, 11) is 0. The van der Waals surface area contributed by atoms with Gasteiger partial charge in [-0.15, -0.1) is 11.3 Å². The van der Waals surface area contributed by atoms with E-state index in [1.54, 1.807) is 17.4 Å². The molecule has 3 saturated heterocycles. The Morgan fingerprint density at radius 1 is 0.895 bits per heavy atom. The van der Waals surface area contributed by atoms with Crippen molar-refractivity contribution in [2.24, 2.45) is 5.92 Å². The van der Waals surface area contributed by atoms with Crippen molar-refractivity contribution in [1.29, 1.82) is 0 Å². The number of piperidine rings is 2. The first-order valence-corrected chi connectivity index (χ1v) is 20.8. The molecule has 2 aromatic carbocycles. The highest BCUT2D eigenvalue weighted by atomic mass is 32.1. The largest absolute Gasteiger partial charge is 0.474 e. The third-order valence-corrected chi connectivity index (χ3v) is 12.8. The van der Waals surface area contributed by atoms with E-state index in [0.29, 0.717) is 42.8 Å². The van der Waals surface area contributed by atoms with Gasteiger partial charge in [-0.25, -0.2) is 15.0 Å². The molecule has 1 amide bonds. The molecular formula is C44H47N7O5S. The molecule has 294 valence electrons. The van der Waals surface area contributed by atoms with Crippen LogP contribution in [0.15, 0.2) is 109 Å². The van der Waals surface area contributed by atoms with Crippen LogP contribution >= 0.6 is 11.3 Å². The van der Waals surface area contributed by atoms with Crippen LogP contribution in [0.1, 0.15) is 48.5 Å². The van der Waals surface area contributed by atoms with Crippen molar-refractivity contribution in [1.82, 2.24) is 33.9 Å². The van der Waals surface area contributed by atoms with Crippen LogP contribution in [-0.2, 0) is 22.6 Å². The third-order valence-electron chi connectivity index (χ3n) is 11.8. The molecule has 7 heterocycles. The Balaban J connectivity index is 0.829. The number of thiazole rings is 1. The molecule has 0 spiro atoms. The maximum Gasteiger partial charge on any atom is 0.262 e. The van der Waals surface area contributed by atoms with Crippen LogP contribution in [0.3, 0.4) is 0 Å². The van der Waals surface area contributed by atoms with Crippen molar-refractivity contribution >= 4 is 28.3 Å². The molecule has 12 nitrogen and oxygen atoms in total. The average Bonchev–Trinajstić information content (AvgIpc) is 3.91. The smallest absolute Gasteiger partial charge is 0.262 e. The van der Waals surface area contributed by atoms with Crippen LogP contribution in [-0.4, -0.2) is 96.0 Å². The van der Waals surface area contributed by atoms with Gasteiger partial charge in [0.2, 0.25) is 11.8 Å². The summed E-state index contributed by atoms with van der Waals surface area (Å²) in [6.45, 7) is 4.77. The number of para-hydroxylation sites is 1. The minimum atomic E-state index is -1.12. The maximum atomic E-state index is 14.3. The molecule has 0 saturated carbocycles. The highest BCUT2D eigenvalue weighted by Crippen LogP contribution is 2.37. The highest BCUT2D eigenvalue weighted by Gasteiger charge is 2.41. The Kier molecular flexibility index (Phi) is 10.7. The van der Waals surface area contributed by atoms with Gasteiger partial charge < -0.3 is 24.0 Å². The van der Waals surface area contributed by atoms with E-state index < -0.39 is 5.60 Å². The van der Waals surface area contributed by atoms with E-state index in [-0.39, 0.29) is 36.0 Å².